The second-order valence-corrected chi connectivity index (χ2v) is 9.42. The van der Waals surface area contributed by atoms with Crippen LogP contribution in [0, 0.1) is 11.3 Å². The number of aromatic carboxylic acids is 1. The smallest absolute Gasteiger partial charge is 0.335 e. The van der Waals surface area contributed by atoms with Crippen LogP contribution in [0.3, 0.4) is 0 Å². The number of halogens is 1. The molecule has 0 amide bonds. The molecular weight excluding hydrogens is 394 g/mol. The van der Waals surface area contributed by atoms with Crippen LogP contribution in [0.2, 0.25) is 5.02 Å². The van der Waals surface area contributed by atoms with Gasteiger partial charge in [-0.25, -0.2) is 4.79 Å². The van der Waals surface area contributed by atoms with Gasteiger partial charge in [0.05, 0.1) is 11.3 Å². The van der Waals surface area contributed by atoms with Crippen LogP contribution in [-0.4, -0.2) is 15.6 Å². The molecule has 0 radical (unpaired) electrons. The zero-order chi connectivity index (χ0) is 21.5. The molecule has 3 aromatic rings. The number of nitrogens with zero attached hydrogens (tertiary/aromatic N) is 1. The van der Waals surface area contributed by atoms with E-state index in [0.717, 1.165) is 36.2 Å². The first-order valence-electron chi connectivity index (χ1n) is 10.6. The van der Waals surface area contributed by atoms with Crippen molar-refractivity contribution in [3.8, 4) is 16.9 Å². The van der Waals surface area contributed by atoms with E-state index in [4.69, 9.17) is 11.6 Å². The summed E-state index contributed by atoms with van der Waals surface area (Å²) in [5, 5.41) is 10.2. The Labute approximate surface area is 183 Å². The van der Waals surface area contributed by atoms with E-state index in [1.165, 1.54) is 17.7 Å². The lowest BCUT2D eigenvalue weighted by molar-refractivity contribution is 0.0697. The van der Waals surface area contributed by atoms with E-state index in [0.29, 0.717) is 21.9 Å². The van der Waals surface area contributed by atoms with Gasteiger partial charge in [-0.3, -0.25) is 0 Å². The number of hydrogen-bond acceptors (Lipinski definition) is 1. The lowest BCUT2D eigenvalue weighted by atomic mass is 9.69. The Bertz CT molecular complexity index is 1080. The Kier molecular flexibility index (Phi) is 5.50. The summed E-state index contributed by atoms with van der Waals surface area (Å²) in [4.78, 5) is 11.6. The van der Waals surface area contributed by atoms with E-state index in [1.807, 2.05) is 36.4 Å². The second-order valence-electron chi connectivity index (χ2n) is 8.98. The molecule has 30 heavy (non-hydrogen) atoms. The standard InChI is InChI=1S/C26H28ClNO2/c1-4-26(2,3)20-10-13-23-19(14-20)16-24(17-8-11-21(27)12-9-17)28(23)22-7-5-6-18(15-22)25(29)30/h5-9,11-12,15-16,20H,4,10,13-14H2,1-3H3,(H,29,30). The van der Waals surface area contributed by atoms with Crippen LogP contribution in [-0.2, 0) is 12.8 Å². The molecule has 156 valence electrons. The fraction of sp³-hybridized carbons (Fsp3) is 0.346. The molecule has 0 spiro atoms. The third-order valence-electron chi connectivity index (χ3n) is 6.90. The van der Waals surface area contributed by atoms with Crippen LogP contribution >= 0.6 is 11.6 Å². The molecule has 4 heteroatoms. The molecule has 1 aliphatic rings. The van der Waals surface area contributed by atoms with Crippen molar-refractivity contribution < 1.29 is 9.90 Å². The van der Waals surface area contributed by atoms with Crippen molar-refractivity contribution in [2.75, 3.05) is 0 Å². The minimum Gasteiger partial charge on any atom is -0.478 e. The summed E-state index contributed by atoms with van der Waals surface area (Å²) in [6.07, 6.45) is 4.37. The Balaban J connectivity index is 1.87. The first-order valence-corrected chi connectivity index (χ1v) is 11.0. The number of benzene rings is 2. The van der Waals surface area contributed by atoms with Gasteiger partial charge in [-0.2, -0.15) is 0 Å². The Morgan fingerprint density at radius 2 is 1.90 bits per heavy atom. The molecule has 2 aromatic carbocycles. The van der Waals surface area contributed by atoms with Crippen molar-refractivity contribution >= 4 is 17.6 Å². The summed E-state index contributed by atoms with van der Waals surface area (Å²) in [6.45, 7) is 7.02. The average molecular weight is 422 g/mol. The molecule has 0 saturated carbocycles. The molecule has 0 saturated heterocycles. The molecule has 4 rings (SSSR count). The van der Waals surface area contributed by atoms with Crippen molar-refractivity contribution in [3.63, 3.8) is 0 Å². The summed E-state index contributed by atoms with van der Waals surface area (Å²) in [7, 11) is 0. The summed E-state index contributed by atoms with van der Waals surface area (Å²) in [5.74, 6) is -0.259. The zero-order valence-corrected chi connectivity index (χ0v) is 18.5. The lowest BCUT2D eigenvalue weighted by Gasteiger charge is -2.36. The predicted octanol–water partition coefficient (Wildman–Crippen LogP) is 7.04. The highest BCUT2D eigenvalue weighted by Gasteiger charge is 2.33. The van der Waals surface area contributed by atoms with Crippen molar-refractivity contribution in [1.29, 1.82) is 0 Å². The van der Waals surface area contributed by atoms with Gasteiger partial charge in [0.15, 0.2) is 0 Å². The highest BCUT2D eigenvalue weighted by Crippen LogP contribution is 2.42. The van der Waals surface area contributed by atoms with Gasteiger partial charge in [0.25, 0.3) is 0 Å². The summed E-state index contributed by atoms with van der Waals surface area (Å²) in [5.41, 5.74) is 6.36. The average Bonchev–Trinajstić information content (AvgIpc) is 3.13. The monoisotopic (exact) mass is 421 g/mol. The molecule has 0 aliphatic heterocycles. The number of carboxylic acid groups (broad SMARTS) is 1. The van der Waals surface area contributed by atoms with E-state index in [9.17, 15) is 9.90 Å². The normalized spacial score (nSPS) is 16.3. The maximum Gasteiger partial charge on any atom is 0.335 e. The van der Waals surface area contributed by atoms with Crippen LogP contribution in [0.4, 0.5) is 0 Å². The van der Waals surface area contributed by atoms with Crippen LogP contribution < -0.4 is 0 Å². The van der Waals surface area contributed by atoms with Crippen molar-refractivity contribution in [2.45, 2.75) is 46.5 Å². The number of fused-ring (bicyclic) bond motifs is 1. The molecule has 1 N–H and O–H groups in total. The second kappa shape index (κ2) is 7.96. The fourth-order valence-electron chi connectivity index (χ4n) is 4.59. The third kappa shape index (κ3) is 3.79. The van der Waals surface area contributed by atoms with Gasteiger partial charge < -0.3 is 9.67 Å². The van der Waals surface area contributed by atoms with E-state index in [2.05, 4.69) is 31.4 Å². The maximum atomic E-state index is 11.6. The van der Waals surface area contributed by atoms with Crippen molar-refractivity contribution in [3.05, 3.63) is 76.4 Å². The molecule has 1 heterocycles. The van der Waals surface area contributed by atoms with Gasteiger partial charge in [0.1, 0.15) is 0 Å². The van der Waals surface area contributed by atoms with Gasteiger partial charge in [0, 0.05) is 16.4 Å². The number of aromatic nitrogens is 1. The molecule has 1 unspecified atom stereocenters. The topological polar surface area (TPSA) is 42.2 Å². The zero-order valence-electron chi connectivity index (χ0n) is 17.8. The van der Waals surface area contributed by atoms with Gasteiger partial charge in [-0.1, -0.05) is 57.0 Å². The Morgan fingerprint density at radius 3 is 2.57 bits per heavy atom. The summed E-state index contributed by atoms with van der Waals surface area (Å²) < 4.78 is 2.25. The first-order chi connectivity index (χ1) is 14.3. The maximum absolute atomic E-state index is 11.6. The number of rotatable bonds is 5. The molecule has 1 atom stereocenters. The quantitative estimate of drug-likeness (QED) is 0.480. The Morgan fingerprint density at radius 1 is 1.17 bits per heavy atom. The van der Waals surface area contributed by atoms with Gasteiger partial charge in [-0.15, -0.1) is 0 Å². The number of carboxylic acids is 1. The highest BCUT2D eigenvalue weighted by atomic mass is 35.5. The van der Waals surface area contributed by atoms with E-state index >= 15 is 0 Å². The largest absolute Gasteiger partial charge is 0.478 e. The Hall–Kier alpha value is -2.52. The highest BCUT2D eigenvalue weighted by molar-refractivity contribution is 6.30. The molecular formula is C26H28ClNO2. The summed E-state index contributed by atoms with van der Waals surface area (Å²) >= 11 is 6.13. The van der Waals surface area contributed by atoms with Crippen LogP contribution in [0.5, 0.6) is 0 Å². The van der Waals surface area contributed by atoms with Gasteiger partial charge in [-0.05, 0) is 78.1 Å². The third-order valence-corrected chi connectivity index (χ3v) is 7.15. The summed E-state index contributed by atoms with van der Waals surface area (Å²) in [6, 6.07) is 17.4. The number of hydrogen-bond donors (Lipinski definition) is 1. The number of carbonyl (C=O) groups is 1. The van der Waals surface area contributed by atoms with Crippen molar-refractivity contribution in [1.82, 2.24) is 4.57 Å². The van der Waals surface area contributed by atoms with E-state index in [1.54, 1.807) is 12.1 Å². The lowest BCUT2D eigenvalue weighted by Crippen LogP contribution is -2.29. The van der Waals surface area contributed by atoms with E-state index in [-0.39, 0.29) is 0 Å². The molecule has 1 aromatic heterocycles. The van der Waals surface area contributed by atoms with Crippen molar-refractivity contribution in [2.24, 2.45) is 11.3 Å². The SMILES string of the molecule is CCC(C)(C)C1CCc2c(cc(-c3ccc(Cl)cc3)n2-c2cccc(C(=O)O)c2)C1. The van der Waals surface area contributed by atoms with Crippen LogP contribution in [0.25, 0.3) is 16.9 Å². The van der Waals surface area contributed by atoms with E-state index < -0.39 is 5.97 Å². The van der Waals surface area contributed by atoms with Gasteiger partial charge >= 0.3 is 5.97 Å². The molecule has 3 nitrogen and oxygen atoms in total. The predicted molar refractivity (Wildman–Crippen MR) is 123 cm³/mol. The fourth-order valence-corrected chi connectivity index (χ4v) is 4.72. The van der Waals surface area contributed by atoms with Crippen LogP contribution in [0.1, 0.15) is 55.2 Å². The first kappa shape index (κ1) is 20.7. The van der Waals surface area contributed by atoms with Crippen LogP contribution in [0.15, 0.2) is 54.6 Å². The molecule has 1 aliphatic carbocycles. The minimum absolute atomic E-state index is 0.304. The van der Waals surface area contributed by atoms with Gasteiger partial charge in [0.2, 0.25) is 0 Å². The molecule has 0 bridgehead atoms. The molecule has 0 fully saturated rings. The minimum atomic E-state index is -0.907.